The van der Waals surface area contributed by atoms with Gasteiger partial charge in [-0.1, -0.05) is 0 Å². The summed E-state index contributed by atoms with van der Waals surface area (Å²) in [5.74, 6) is -0.586. The van der Waals surface area contributed by atoms with Gasteiger partial charge in [0.2, 0.25) is 17.7 Å². The van der Waals surface area contributed by atoms with E-state index in [1.807, 2.05) is 6.92 Å². The minimum absolute atomic E-state index is 0.277. The zero-order valence-corrected chi connectivity index (χ0v) is 9.05. The molecule has 0 spiro atoms. The van der Waals surface area contributed by atoms with E-state index in [0.29, 0.717) is 12.2 Å². The summed E-state index contributed by atoms with van der Waals surface area (Å²) in [6.45, 7) is 2.52. The van der Waals surface area contributed by atoms with Crippen molar-refractivity contribution < 1.29 is 14.2 Å². The molecule has 3 N–H and O–H groups in total. The maximum Gasteiger partial charge on any atom is 0.295 e. The van der Waals surface area contributed by atoms with Crippen molar-refractivity contribution in [3.63, 3.8) is 0 Å². The van der Waals surface area contributed by atoms with Crippen molar-refractivity contribution >= 4 is 11.8 Å². The highest BCUT2D eigenvalue weighted by Gasteiger charge is 2.27. The first-order valence-corrected chi connectivity index (χ1v) is 4.70. The van der Waals surface area contributed by atoms with E-state index >= 15 is 0 Å². The molecule has 0 radical (unpaired) electrons. The molecule has 0 saturated heterocycles. The average molecular weight is 211 g/mol. The van der Waals surface area contributed by atoms with Crippen LogP contribution in [0.2, 0.25) is 0 Å². The molecule has 0 aliphatic rings. The van der Waals surface area contributed by atoms with Crippen molar-refractivity contribution in [1.82, 2.24) is 15.6 Å². The normalized spacial score (nSPS) is 9.80. The number of aromatic amines is 1. The van der Waals surface area contributed by atoms with Gasteiger partial charge in [0.25, 0.3) is 11.8 Å². The lowest BCUT2D eigenvalue weighted by molar-refractivity contribution is -0.694. The highest BCUT2D eigenvalue weighted by Crippen LogP contribution is 2.00. The summed E-state index contributed by atoms with van der Waals surface area (Å²) < 4.78 is 1.68. The Morgan fingerprint density at radius 2 is 1.93 bits per heavy atom. The number of H-pyrrole nitrogens is 1. The van der Waals surface area contributed by atoms with Gasteiger partial charge in [-0.25, -0.2) is 9.55 Å². The number of nitrogens with zero attached hydrogens (tertiary/aromatic N) is 1. The molecule has 1 aromatic rings. The van der Waals surface area contributed by atoms with Crippen LogP contribution >= 0.6 is 0 Å². The molecule has 0 saturated carbocycles. The smallest absolute Gasteiger partial charge is 0.295 e. The SMILES string of the molecule is CC[n+]1c[nH]c(C(=O)NC)c1C(=O)NC. The number of imidazole rings is 1. The molecule has 6 nitrogen and oxygen atoms in total. The lowest BCUT2D eigenvalue weighted by atomic mass is 10.3. The van der Waals surface area contributed by atoms with Crippen LogP contribution in [0.5, 0.6) is 0 Å². The minimum atomic E-state index is -0.305. The Morgan fingerprint density at radius 1 is 1.33 bits per heavy atom. The second-order valence-corrected chi connectivity index (χ2v) is 2.94. The van der Waals surface area contributed by atoms with Gasteiger partial charge in [0.1, 0.15) is 0 Å². The molecule has 0 fully saturated rings. The quantitative estimate of drug-likeness (QED) is 0.563. The predicted octanol–water partition coefficient (Wildman–Crippen LogP) is -0.959. The van der Waals surface area contributed by atoms with Crippen LogP contribution in [0.3, 0.4) is 0 Å². The molecule has 0 unspecified atom stereocenters. The lowest BCUT2D eigenvalue weighted by Gasteiger charge is -1.99. The number of nitrogens with one attached hydrogen (secondary N) is 3. The molecule has 0 bridgehead atoms. The van der Waals surface area contributed by atoms with Crippen molar-refractivity contribution in [2.24, 2.45) is 0 Å². The van der Waals surface area contributed by atoms with E-state index in [1.54, 1.807) is 10.9 Å². The van der Waals surface area contributed by atoms with Gasteiger partial charge in [-0.15, -0.1) is 0 Å². The number of rotatable bonds is 3. The molecule has 6 heteroatoms. The van der Waals surface area contributed by atoms with Crippen LogP contribution in [-0.4, -0.2) is 30.9 Å². The Morgan fingerprint density at radius 3 is 2.40 bits per heavy atom. The minimum Gasteiger partial charge on any atom is -0.352 e. The summed E-state index contributed by atoms with van der Waals surface area (Å²) in [7, 11) is 3.05. The summed E-state index contributed by atoms with van der Waals surface area (Å²) >= 11 is 0. The fourth-order valence-corrected chi connectivity index (χ4v) is 1.33. The molecule has 1 rings (SSSR count). The van der Waals surface area contributed by atoms with E-state index in [1.165, 1.54) is 14.1 Å². The summed E-state index contributed by atoms with van der Waals surface area (Å²) in [5, 5.41) is 4.98. The van der Waals surface area contributed by atoms with E-state index in [4.69, 9.17) is 0 Å². The maximum atomic E-state index is 11.6. The Kier molecular flexibility index (Phi) is 3.43. The van der Waals surface area contributed by atoms with Crippen LogP contribution in [0.1, 0.15) is 27.9 Å². The second kappa shape index (κ2) is 4.59. The number of aryl methyl sites for hydroxylation is 1. The van der Waals surface area contributed by atoms with Crippen LogP contribution in [0.25, 0.3) is 0 Å². The van der Waals surface area contributed by atoms with Gasteiger partial charge in [-0.05, 0) is 6.92 Å². The van der Waals surface area contributed by atoms with Gasteiger partial charge >= 0.3 is 0 Å². The van der Waals surface area contributed by atoms with Crippen LogP contribution in [0.4, 0.5) is 0 Å². The van der Waals surface area contributed by atoms with Gasteiger partial charge in [0, 0.05) is 14.1 Å². The lowest BCUT2D eigenvalue weighted by Crippen LogP contribution is -2.41. The highest BCUT2D eigenvalue weighted by molar-refractivity contribution is 6.03. The monoisotopic (exact) mass is 211 g/mol. The Labute approximate surface area is 87.7 Å². The Bertz CT molecular complexity index is 383. The molecule has 0 atom stereocenters. The van der Waals surface area contributed by atoms with Gasteiger partial charge in [0.15, 0.2) is 0 Å². The molecule has 2 amide bonds. The third-order valence-corrected chi connectivity index (χ3v) is 2.13. The third-order valence-electron chi connectivity index (χ3n) is 2.13. The maximum absolute atomic E-state index is 11.6. The number of hydrogen-bond acceptors (Lipinski definition) is 2. The topological polar surface area (TPSA) is 77.9 Å². The first-order chi connectivity index (χ1) is 7.15. The molecular formula is C9H15N4O2+. The molecule has 1 aromatic heterocycles. The second-order valence-electron chi connectivity index (χ2n) is 2.94. The largest absolute Gasteiger partial charge is 0.352 e. The number of aromatic nitrogens is 2. The Hall–Kier alpha value is -1.85. The molecule has 82 valence electrons. The summed E-state index contributed by atoms with van der Waals surface area (Å²) in [6.07, 6.45) is 1.61. The van der Waals surface area contributed by atoms with Crippen LogP contribution in [0.15, 0.2) is 6.33 Å². The first kappa shape index (κ1) is 11.2. The fraction of sp³-hybridized carbons (Fsp3) is 0.444. The fourth-order valence-electron chi connectivity index (χ4n) is 1.33. The molecule has 15 heavy (non-hydrogen) atoms. The Balaban J connectivity index is 3.23. The van der Waals surface area contributed by atoms with Crippen molar-refractivity contribution in [3.8, 4) is 0 Å². The van der Waals surface area contributed by atoms with Crippen LogP contribution in [0, 0.1) is 0 Å². The molecule has 0 aliphatic heterocycles. The number of carbonyl (C=O) groups is 2. The van der Waals surface area contributed by atoms with E-state index in [-0.39, 0.29) is 17.5 Å². The average Bonchev–Trinajstić information content (AvgIpc) is 2.70. The van der Waals surface area contributed by atoms with Gasteiger partial charge in [0.05, 0.1) is 6.54 Å². The van der Waals surface area contributed by atoms with Crippen LogP contribution in [-0.2, 0) is 6.54 Å². The third kappa shape index (κ3) is 1.98. The predicted molar refractivity (Wildman–Crippen MR) is 53.4 cm³/mol. The van der Waals surface area contributed by atoms with Gasteiger partial charge in [-0.2, -0.15) is 0 Å². The van der Waals surface area contributed by atoms with E-state index < -0.39 is 0 Å². The molecule has 0 aromatic carbocycles. The summed E-state index contributed by atoms with van der Waals surface area (Å²) in [4.78, 5) is 25.8. The van der Waals surface area contributed by atoms with Gasteiger partial charge < -0.3 is 10.6 Å². The number of hydrogen-bond donors (Lipinski definition) is 3. The van der Waals surface area contributed by atoms with Crippen molar-refractivity contribution in [1.29, 1.82) is 0 Å². The van der Waals surface area contributed by atoms with Crippen molar-refractivity contribution in [2.45, 2.75) is 13.5 Å². The first-order valence-electron chi connectivity index (χ1n) is 4.70. The standard InChI is InChI=1S/C9H14N4O2/c1-4-13-5-12-6(8(14)10-2)7(13)9(15)11-3/h5H,4H2,1-3H3,(H2,10,11,14,15)/p+1. The summed E-state index contributed by atoms with van der Waals surface area (Å²) in [5.41, 5.74) is 0.623. The highest BCUT2D eigenvalue weighted by atomic mass is 16.2. The van der Waals surface area contributed by atoms with Gasteiger partial charge in [-0.3, -0.25) is 9.59 Å². The van der Waals surface area contributed by atoms with E-state index in [0.717, 1.165) is 0 Å². The molecular weight excluding hydrogens is 196 g/mol. The zero-order valence-electron chi connectivity index (χ0n) is 9.05. The van der Waals surface area contributed by atoms with Crippen molar-refractivity contribution in [3.05, 3.63) is 17.7 Å². The van der Waals surface area contributed by atoms with Crippen LogP contribution < -0.4 is 15.2 Å². The van der Waals surface area contributed by atoms with Crippen molar-refractivity contribution in [2.75, 3.05) is 14.1 Å². The summed E-state index contributed by atoms with van der Waals surface area (Å²) in [6, 6.07) is 0. The molecule has 1 heterocycles. The van der Waals surface area contributed by atoms with E-state index in [9.17, 15) is 9.59 Å². The molecule has 0 aliphatic carbocycles. The number of amides is 2. The van der Waals surface area contributed by atoms with E-state index in [2.05, 4.69) is 15.6 Å². The zero-order chi connectivity index (χ0) is 11.4. The number of carbonyl (C=O) groups excluding carboxylic acids is 2.